The van der Waals surface area contributed by atoms with E-state index >= 15 is 0 Å². The summed E-state index contributed by atoms with van der Waals surface area (Å²) < 4.78 is 0. The number of aliphatic hydroxyl groups is 1. The van der Waals surface area contributed by atoms with Crippen LogP contribution in [-0.4, -0.2) is 24.3 Å². The van der Waals surface area contributed by atoms with Gasteiger partial charge < -0.3 is 10.4 Å². The summed E-state index contributed by atoms with van der Waals surface area (Å²) in [4.78, 5) is 0. The fourth-order valence-electron chi connectivity index (χ4n) is 1.48. The highest BCUT2D eigenvalue weighted by Gasteiger charge is 2.26. The van der Waals surface area contributed by atoms with Crippen LogP contribution >= 0.6 is 0 Å². The lowest BCUT2D eigenvalue weighted by atomic mass is 9.82. The summed E-state index contributed by atoms with van der Waals surface area (Å²) in [5.41, 5.74) is 0. The van der Waals surface area contributed by atoms with E-state index in [0.717, 1.165) is 31.8 Å². The lowest BCUT2D eigenvalue weighted by molar-refractivity contribution is 0.0431. The molecule has 0 aliphatic heterocycles. The molecule has 1 aliphatic rings. The van der Waals surface area contributed by atoms with Crippen molar-refractivity contribution in [1.82, 2.24) is 5.32 Å². The lowest BCUT2D eigenvalue weighted by Gasteiger charge is -2.31. The van der Waals surface area contributed by atoms with Gasteiger partial charge in [-0.2, -0.15) is 0 Å². The Morgan fingerprint density at radius 3 is 2.73 bits per heavy atom. The van der Waals surface area contributed by atoms with E-state index in [9.17, 15) is 0 Å². The SMILES string of the molecule is CCCCNCC1CC(O)C1. The fourth-order valence-corrected chi connectivity index (χ4v) is 1.48. The maximum absolute atomic E-state index is 8.99. The molecule has 0 atom stereocenters. The Balaban J connectivity index is 1.81. The topological polar surface area (TPSA) is 32.3 Å². The van der Waals surface area contributed by atoms with Crippen LogP contribution in [0.15, 0.2) is 0 Å². The molecule has 2 heteroatoms. The Morgan fingerprint density at radius 2 is 2.18 bits per heavy atom. The first kappa shape index (κ1) is 9.01. The third-order valence-electron chi connectivity index (χ3n) is 2.35. The maximum atomic E-state index is 8.99. The van der Waals surface area contributed by atoms with Crippen molar-refractivity contribution >= 4 is 0 Å². The number of aliphatic hydroxyl groups excluding tert-OH is 1. The highest BCUT2D eigenvalue weighted by molar-refractivity contribution is 4.79. The molecule has 11 heavy (non-hydrogen) atoms. The van der Waals surface area contributed by atoms with Crippen molar-refractivity contribution in [2.75, 3.05) is 13.1 Å². The summed E-state index contributed by atoms with van der Waals surface area (Å²) in [6, 6.07) is 0. The Hall–Kier alpha value is -0.0800. The van der Waals surface area contributed by atoms with Crippen LogP contribution in [-0.2, 0) is 0 Å². The zero-order valence-corrected chi connectivity index (χ0v) is 7.34. The Labute approximate surface area is 69.0 Å². The van der Waals surface area contributed by atoms with E-state index in [1.165, 1.54) is 12.8 Å². The molecule has 1 aliphatic carbocycles. The molecular formula is C9H19NO. The highest BCUT2D eigenvalue weighted by atomic mass is 16.3. The summed E-state index contributed by atoms with van der Waals surface area (Å²) in [5, 5.41) is 12.4. The largest absolute Gasteiger partial charge is 0.393 e. The van der Waals surface area contributed by atoms with Crippen molar-refractivity contribution in [3.63, 3.8) is 0 Å². The minimum Gasteiger partial charge on any atom is -0.393 e. The van der Waals surface area contributed by atoms with E-state index in [-0.39, 0.29) is 6.10 Å². The molecule has 0 spiro atoms. The minimum absolute atomic E-state index is 0.00738. The molecule has 0 amide bonds. The monoisotopic (exact) mass is 157 g/mol. The molecule has 1 saturated carbocycles. The van der Waals surface area contributed by atoms with Crippen molar-refractivity contribution in [3.8, 4) is 0 Å². The lowest BCUT2D eigenvalue weighted by Crippen LogP contribution is -2.36. The van der Waals surface area contributed by atoms with Crippen LogP contribution < -0.4 is 5.32 Å². The van der Waals surface area contributed by atoms with E-state index in [4.69, 9.17) is 5.11 Å². The number of unbranched alkanes of at least 4 members (excludes halogenated alkanes) is 1. The second kappa shape index (κ2) is 4.73. The first-order chi connectivity index (χ1) is 5.33. The zero-order valence-electron chi connectivity index (χ0n) is 7.34. The van der Waals surface area contributed by atoms with Gasteiger partial charge in [0.05, 0.1) is 6.10 Å². The summed E-state index contributed by atoms with van der Waals surface area (Å²) >= 11 is 0. The quantitative estimate of drug-likeness (QED) is 0.587. The van der Waals surface area contributed by atoms with Crippen LogP contribution in [0.25, 0.3) is 0 Å². The molecule has 0 aromatic heterocycles. The van der Waals surface area contributed by atoms with Gasteiger partial charge in [-0.15, -0.1) is 0 Å². The summed E-state index contributed by atoms with van der Waals surface area (Å²) in [5.74, 6) is 0.752. The molecule has 2 nitrogen and oxygen atoms in total. The van der Waals surface area contributed by atoms with Gasteiger partial charge in [0.2, 0.25) is 0 Å². The van der Waals surface area contributed by atoms with E-state index in [2.05, 4.69) is 12.2 Å². The van der Waals surface area contributed by atoms with Crippen LogP contribution in [0.1, 0.15) is 32.6 Å². The van der Waals surface area contributed by atoms with Gasteiger partial charge in [0.1, 0.15) is 0 Å². The third kappa shape index (κ3) is 3.21. The Morgan fingerprint density at radius 1 is 1.45 bits per heavy atom. The average Bonchev–Trinajstić information content (AvgIpc) is 1.94. The molecule has 0 heterocycles. The molecule has 0 saturated heterocycles. The molecule has 0 radical (unpaired) electrons. The molecule has 0 aromatic rings. The zero-order chi connectivity index (χ0) is 8.10. The van der Waals surface area contributed by atoms with Gasteiger partial charge in [-0.25, -0.2) is 0 Å². The van der Waals surface area contributed by atoms with Gasteiger partial charge in [0.25, 0.3) is 0 Å². The number of rotatable bonds is 5. The smallest absolute Gasteiger partial charge is 0.0546 e. The molecule has 0 unspecified atom stereocenters. The first-order valence-corrected chi connectivity index (χ1v) is 4.71. The molecule has 1 rings (SSSR count). The van der Waals surface area contributed by atoms with Gasteiger partial charge in [-0.05, 0) is 38.3 Å². The Bertz CT molecular complexity index is 99.7. The number of nitrogens with one attached hydrogen (secondary N) is 1. The molecule has 2 N–H and O–H groups in total. The second-order valence-corrected chi connectivity index (χ2v) is 3.55. The summed E-state index contributed by atoms with van der Waals surface area (Å²) in [6.45, 7) is 4.45. The Kier molecular flexibility index (Phi) is 3.87. The first-order valence-electron chi connectivity index (χ1n) is 4.71. The average molecular weight is 157 g/mol. The van der Waals surface area contributed by atoms with Crippen LogP contribution in [0.3, 0.4) is 0 Å². The van der Waals surface area contributed by atoms with Crippen molar-refractivity contribution < 1.29 is 5.11 Å². The van der Waals surface area contributed by atoms with Gasteiger partial charge in [-0.1, -0.05) is 13.3 Å². The van der Waals surface area contributed by atoms with Gasteiger partial charge >= 0.3 is 0 Å². The second-order valence-electron chi connectivity index (χ2n) is 3.55. The fraction of sp³-hybridized carbons (Fsp3) is 1.00. The standard InChI is InChI=1S/C9H19NO/c1-2-3-4-10-7-8-5-9(11)6-8/h8-11H,2-7H2,1H3. The predicted octanol–water partition coefficient (Wildman–Crippen LogP) is 1.15. The highest BCUT2D eigenvalue weighted by Crippen LogP contribution is 2.25. The molecule has 66 valence electrons. The van der Waals surface area contributed by atoms with E-state index in [0.29, 0.717) is 0 Å². The van der Waals surface area contributed by atoms with Gasteiger partial charge in [0.15, 0.2) is 0 Å². The maximum Gasteiger partial charge on any atom is 0.0546 e. The number of hydrogen-bond acceptors (Lipinski definition) is 2. The van der Waals surface area contributed by atoms with Crippen molar-refractivity contribution in [3.05, 3.63) is 0 Å². The number of hydrogen-bond donors (Lipinski definition) is 2. The normalized spacial score (nSPS) is 30.0. The molecular weight excluding hydrogens is 138 g/mol. The summed E-state index contributed by atoms with van der Waals surface area (Å²) in [7, 11) is 0. The van der Waals surface area contributed by atoms with Crippen LogP contribution in [0, 0.1) is 5.92 Å². The minimum atomic E-state index is 0.00738. The van der Waals surface area contributed by atoms with Crippen molar-refractivity contribution in [2.45, 2.75) is 38.7 Å². The molecule has 0 aromatic carbocycles. The molecule has 1 fully saturated rings. The van der Waals surface area contributed by atoms with Crippen LogP contribution in [0.5, 0.6) is 0 Å². The summed E-state index contributed by atoms with van der Waals surface area (Å²) in [6.07, 6.45) is 4.57. The van der Waals surface area contributed by atoms with Crippen LogP contribution in [0.2, 0.25) is 0 Å². The van der Waals surface area contributed by atoms with Gasteiger partial charge in [-0.3, -0.25) is 0 Å². The van der Waals surface area contributed by atoms with Crippen molar-refractivity contribution in [2.24, 2.45) is 5.92 Å². The molecule has 0 bridgehead atoms. The van der Waals surface area contributed by atoms with Gasteiger partial charge in [0, 0.05) is 0 Å². The van der Waals surface area contributed by atoms with Crippen LogP contribution in [0.4, 0.5) is 0 Å². The predicted molar refractivity (Wildman–Crippen MR) is 46.5 cm³/mol. The van der Waals surface area contributed by atoms with E-state index < -0.39 is 0 Å². The van der Waals surface area contributed by atoms with E-state index in [1.807, 2.05) is 0 Å². The van der Waals surface area contributed by atoms with Crippen molar-refractivity contribution in [1.29, 1.82) is 0 Å². The third-order valence-corrected chi connectivity index (χ3v) is 2.35. The van der Waals surface area contributed by atoms with E-state index in [1.54, 1.807) is 0 Å².